The van der Waals surface area contributed by atoms with Crippen molar-refractivity contribution in [2.24, 2.45) is 5.92 Å². The van der Waals surface area contributed by atoms with Crippen molar-refractivity contribution in [2.75, 3.05) is 39.3 Å². The number of ether oxygens (including phenoxy) is 3. The van der Waals surface area contributed by atoms with Gasteiger partial charge in [0.25, 0.3) is 0 Å². The number of hydrogen-bond donors (Lipinski definition) is 0. The Bertz CT molecular complexity index is 1060. The minimum Gasteiger partial charge on any atom is -0.497 e. The first-order valence-corrected chi connectivity index (χ1v) is 10.2. The third-order valence-electron chi connectivity index (χ3n) is 5.86. The lowest BCUT2D eigenvalue weighted by Crippen LogP contribution is -2.38. The molecular weight excluding hydrogens is 378 g/mol. The Balaban J connectivity index is 1.54. The molecule has 30 heavy (non-hydrogen) atoms. The molecule has 0 radical (unpaired) electrons. The maximum atomic E-state index is 13.3. The third kappa shape index (κ3) is 3.92. The van der Waals surface area contributed by atoms with Crippen molar-refractivity contribution in [3.63, 3.8) is 0 Å². The Morgan fingerprint density at radius 3 is 2.40 bits per heavy atom. The molecule has 156 valence electrons. The monoisotopic (exact) mass is 405 g/mol. The van der Waals surface area contributed by atoms with Gasteiger partial charge in [-0.2, -0.15) is 0 Å². The van der Waals surface area contributed by atoms with Crippen molar-refractivity contribution in [2.45, 2.75) is 12.8 Å². The van der Waals surface area contributed by atoms with Gasteiger partial charge in [-0.25, -0.2) is 0 Å². The normalized spacial score (nSPS) is 16.4. The predicted molar refractivity (Wildman–Crippen MR) is 119 cm³/mol. The van der Waals surface area contributed by atoms with Gasteiger partial charge >= 0.3 is 0 Å². The number of piperidine rings is 1. The zero-order valence-corrected chi connectivity index (χ0v) is 17.7. The smallest absolute Gasteiger partial charge is 0.167 e. The van der Waals surface area contributed by atoms with E-state index >= 15 is 0 Å². The fraction of sp³-hybridized carbons (Fsp3) is 0.320. The van der Waals surface area contributed by atoms with Gasteiger partial charge in [0.2, 0.25) is 0 Å². The number of benzene rings is 3. The average Bonchev–Trinajstić information content (AvgIpc) is 2.82. The van der Waals surface area contributed by atoms with Crippen molar-refractivity contribution < 1.29 is 19.0 Å². The molecule has 0 spiro atoms. The number of Topliss-reactive ketones (excluding diaryl/α,β-unsaturated/α-hetero) is 1. The van der Waals surface area contributed by atoms with Crippen molar-refractivity contribution in [3.8, 4) is 17.2 Å². The van der Waals surface area contributed by atoms with Crippen molar-refractivity contribution in [3.05, 3.63) is 60.2 Å². The highest BCUT2D eigenvalue weighted by Crippen LogP contribution is 2.34. The van der Waals surface area contributed by atoms with E-state index in [1.807, 2.05) is 54.6 Å². The summed E-state index contributed by atoms with van der Waals surface area (Å²) in [7, 11) is 4.93. The number of hydrogen-bond acceptors (Lipinski definition) is 5. The van der Waals surface area contributed by atoms with Gasteiger partial charge in [0.15, 0.2) is 17.3 Å². The maximum Gasteiger partial charge on any atom is 0.167 e. The van der Waals surface area contributed by atoms with Gasteiger partial charge in [-0.3, -0.25) is 4.79 Å². The summed E-state index contributed by atoms with van der Waals surface area (Å²) in [6, 6.07) is 17.8. The maximum absolute atomic E-state index is 13.3. The van der Waals surface area contributed by atoms with Crippen LogP contribution in [0.2, 0.25) is 0 Å². The molecule has 0 bridgehead atoms. The SMILES string of the molecule is COc1ccc2cc(C(=O)C3CCCN(c4ccc(OC)c(OC)c4)C3)ccc2c1. The lowest BCUT2D eigenvalue weighted by Gasteiger charge is -2.34. The summed E-state index contributed by atoms with van der Waals surface area (Å²) in [4.78, 5) is 15.5. The summed E-state index contributed by atoms with van der Waals surface area (Å²) in [5, 5.41) is 2.12. The van der Waals surface area contributed by atoms with Crippen LogP contribution < -0.4 is 19.1 Å². The molecule has 1 fully saturated rings. The second kappa shape index (κ2) is 8.66. The van der Waals surface area contributed by atoms with Crippen LogP contribution in [0.15, 0.2) is 54.6 Å². The number of fused-ring (bicyclic) bond motifs is 1. The molecule has 5 nitrogen and oxygen atoms in total. The van der Waals surface area contributed by atoms with Crippen LogP contribution in [-0.2, 0) is 0 Å². The Morgan fingerprint density at radius 2 is 1.63 bits per heavy atom. The highest BCUT2D eigenvalue weighted by Gasteiger charge is 2.27. The summed E-state index contributed by atoms with van der Waals surface area (Å²) in [5.74, 6) is 2.41. The first kappa shape index (κ1) is 20.1. The first-order chi connectivity index (χ1) is 14.6. The van der Waals surface area contributed by atoms with Crippen molar-refractivity contribution in [1.82, 2.24) is 0 Å². The van der Waals surface area contributed by atoms with Gasteiger partial charge in [0.05, 0.1) is 21.3 Å². The fourth-order valence-corrected chi connectivity index (χ4v) is 4.19. The largest absolute Gasteiger partial charge is 0.497 e. The van der Waals surface area contributed by atoms with Crippen LogP contribution in [0.4, 0.5) is 5.69 Å². The van der Waals surface area contributed by atoms with E-state index in [0.29, 0.717) is 18.0 Å². The fourth-order valence-electron chi connectivity index (χ4n) is 4.19. The van der Waals surface area contributed by atoms with Gasteiger partial charge in [0, 0.05) is 36.3 Å². The summed E-state index contributed by atoms with van der Waals surface area (Å²) in [6.45, 7) is 1.63. The minimum absolute atomic E-state index is 0.0254. The molecule has 0 saturated carbocycles. The van der Waals surface area contributed by atoms with E-state index in [9.17, 15) is 4.79 Å². The highest BCUT2D eigenvalue weighted by atomic mass is 16.5. The van der Waals surface area contributed by atoms with Crippen LogP contribution in [-0.4, -0.2) is 40.2 Å². The zero-order chi connectivity index (χ0) is 21.1. The molecule has 1 unspecified atom stereocenters. The minimum atomic E-state index is -0.0254. The lowest BCUT2D eigenvalue weighted by atomic mass is 9.89. The molecule has 4 rings (SSSR count). The van der Waals surface area contributed by atoms with Crippen LogP contribution in [0.5, 0.6) is 17.2 Å². The van der Waals surface area contributed by atoms with E-state index in [1.54, 1.807) is 21.3 Å². The van der Waals surface area contributed by atoms with E-state index in [2.05, 4.69) is 4.90 Å². The van der Waals surface area contributed by atoms with Gasteiger partial charge in [0.1, 0.15) is 5.75 Å². The van der Waals surface area contributed by atoms with Gasteiger partial charge in [-0.15, -0.1) is 0 Å². The van der Waals surface area contributed by atoms with Crippen molar-refractivity contribution >= 4 is 22.2 Å². The number of anilines is 1. The lowest BCUT2D eigenvalue weighted by molar-refractivity contribution is 0.0907. The standard InChI is InChI=1S/C25H27NO4/c1-28-22-10-8-17-13-19(7-6-18(17)14-22)25(27)20-5-4-12-26(16-20)21-9-11-23(29-2)24(15-21)30-3/h6-11,13-15,20H,4-5,12,16H2,1-3H3. The average molecular weight is 405 g/mol. The second-order valence-corrected chi connectivity index (χ2v) is 7.62. The zero-order valence-electron chi connectivity index (χ0n) is 17.7. The number of methoxy groups -OCH3 is 3. The number of ketones is 1. The van der Waals surface area contributed by atoms with Crippen LogP contribution >= 0.6 is 0 Å². The summed E-state index contributed by atoms with van der Waals surface area (Å²) < 4.78 is 16.1. The number of rotatable bonds is 6. The molecular formula is C25H27NO4. The van der Waals surface area contributed by atoms with E-state index in [4.69, 9.17) is 14.2 Å². The number of nitrogens with zero attached hydrogens (tertiary/aromatic N) is 1. The highest BCUT2D eigenvalue weighted by molar-refractivity contribution is 6.01. The molecule has 0 aromatic heterocycles. The predicted octanol–water partition coefficient (Wildman–Crippen LogP) is 4.96. The quantitative estimate of drug-likeness (QED) is 0.542. The summed E-state index contributed by atoms with van der Waals surface area (Å²) in [6.07, 6.45) is 1.89. The Kier molecular flexibility index (Phi) is 5.79. The Labute approximate surface area is 177 Å². The van der Waals surface area contributed by atoms with Gasteiger partial charge in [-0.05, 0) is 53.9 Å². The topological polar surface area (TPSA) is 48.0 Å². The molecule has 1 heterocycles. The first-order valence-electron chi connectivity index (χ1n) is 10.2. The Hall–Kier alpha value is -3.21. The van der Waals surface area contributed by atoms with Crippen LogP contribution in [0, 0.1) is 5.92 Å². The molecule has 0 N–H and O–H groups in total. The van der Waals surface area contributed by atoms with E-state index < -0.39 is 0 Å². The van der Waals surface area contributed by atoms with Crippen LogP contribution in [0.3, 0.4) is 0 Å². The molecule has 1 saturated heterocycles. The van der Waals surface area contributed by atoms with E-state index in [-0.39, 0.29) is 11.7 Å². The van der Waals surface area contributed by atoms with Crippen LogP contribution in [0.25, 0.3) is 10.8 Å². The molecule has 5 heteroatoms. The van der Waals surface area contributed by atoms with Crippen LogP contribution in [0.1, 0.15) is 23.2 Å². The number of carbonyl (C=O) groups excluding carboxylic acids is 1. The third-order valence-corrected chi connectivity index (χ3v) is 5.86. The number of carbonyl (C=O) groups is 1. The molecule has 0 aliphatic carbocycles. The molecule has 1 aliphatic rings. The molecule has 3 aromatic rings. The molecule has 1 atom stereocenters. The second-order valence-electron chi connectivity index (χ2n) is 7.62. The summed E-state index contributed by atoms with van der Waals surface area (Å²) in [5.41, 5.74) is 1.82. The molecule has 0 amide bonds. The molecule has 3 aromatic carbocycles. The van der Waals surface area contributed by atoms with E-state index in [1.165, 1.54) is 0 Å². The van der Waals surface area contributed by atoms with Gasteiger partial charge in [-0.1, -0.05) is 18.2 Å². The van der Waals surface area contributed by atoms with Crippen molar-refractivity contribution in [1.29, 1.82) is 0 Å². The Morgan fingerprint density at radius 1 is 0.867 bits per heavy atom. The molecule has 1 aliphatic heterocycles. The van der Waals surface area contributed by atoms with E-state index in [0.717, 1.165) is 47.2 Å². The summed E-state index contributed by atoms with van der Waals surface area (Å²) >= 11 is 0. The van der Waals surface area contributed by atoms with Gasteiger partial charge < -0.3 is 19.1 Å².